The molecule has 16 heavy (non-hydrogen) atoms. The number of benzene rings is 1. The van der Waals surface area contributed by atoms with Crippen LogP contribution < -0.4 is 9.92 Å². The quantitative estimate of drug-likeness (QED) is 0.559. The molecule has 0 N–H and O–H groups in total. The van der Waals surface area contributed by atoms with E-state index in [2.05, 4.69) is 50.5 Å². The van der Waals surface area contributed by atoms with Crippen molar-refractivity contribution in [2.75, 3.05) is 6.61 Å². The highest BCUT2D eigenvalue weighted by atomic mass is 28.3. The Bertz CT molecular complexity index is 311. The Balaban J connectivity index is 2.39. The first-order valence-corrected chi connectivity index (χ1v) is 12.3. The van der Waals surface area contributed by atoms with Crippen LogP contribution in [0, 0.1) is 0 Å². The summed E-state index contributed by atoms with van der Waals surface area (Å²) in [7, 11) is -1.08. The van der Waals surface area contributed by atoms with E-state index in [1.807, 2.05) is 0 Å². The van der Waals surface area contributed by atoms with E-state index in [4.69, 9.17) is 4.74 Å². The summed E-state index contributed by atoms with van der Waals surface area (Å²) in [6.45, 7) is 10.4. The maximum Gasteiger partial charge on any atom is 0.119 e. The highest BCUT2D eigenvalue weighted by molar-refractivity contribution is 6.70. The van der Waals surface area contributed by atoms with Gasteiger partial charge in [-0.15, -0.1) is 0 Å². The molecule has 90 valence electrons. The molecule has 0 unspecified atom stereocenters. The van der Waals surface area contributed by atoms with E-state index in [0.717, 1.165) is 12.4 Å². The molecule has 1 rings (SSSR count). The Hall–Kier alpha value is -0.546. The van der Waals surface area contributed by atoms with Crippen LogP contribution in [0.15, 0.2) is 24.3 Å². The SMILES string of the molecule is C[SiH](C)CCCOc1cccc([SiH](C)C)c1. The summed E-state index contributed by atoms with van der Waals surface area (Å²) in [5.41, 5.74) is 0. The molecule has 1 aromatic rings. The van der Waals surface area contributed by atoms with Gasteiger partial charge in [-0.3, -0.25) is 0 Å². The molecule has 0 aliphatic heterocycles. The van der Waals surface area contributed by atoms with Crippen LogP contribution in [0.2, 0.25) is 32.2 Å². The first-order valence-electron chi connectivity index (χ1n) is 6.32. The van der Waals surface area contributed by atoms with Crippen LogP contribution in [0.5, 0.6) is 5.75 Å². The molecular weight excluding hydrogens is 228 g/mol. The first-order chi connectivity index (χ1) is 7.59. The van der Waals surface area contributed by atoms with Crippen molar-refractivity contribution < 1.29 is 4.74 Å². The second-order valence-corrected chi connectivity index (χ2v) is 11.5. The Labute approximate surface area is 103 Å². The molecule has 0 spiro atoms. The lowest BCUT2D eigenvalue weighted by Gasteiger charge is -2.09. The van der Waals surface area contributed by atoms with Crippen LogP contribution in [-0.2, 0) is 0 Å². The molecule has 0 aliphatic carbocycles. The Kier molecular flexibility index (Phi) is 5.84. The molecule has 0 atom stereocenters. The third-order valence-electron chi connectivity index (χ3n) is 2.72. The normalized spacial score (nSPS) is 11.1. The van der Waals surface area contributed by atoms with Crippen LogP contribution in [0.4, 0.5) is 0 Å². The first kappa shape index (κ1) is 13.5. The van der Waals surface area contributed by atoms with Crippen molar-refractivity contribution in [3.63, 3.8) is 0 Å². The van der Waals surface area contributed by atoms with Crippen molar-refractivity contribution in [3.05, 3.63) is 24.3 Å². The summed E-state index contributed by atoms with van der Waals surface area (Å²) in [5, 5.41) is 1.50. The molecule has 0 saturated carbocycles. The topological polar surface area (TPSA) is 9.23 Å². The fourth-order valence-electron chi connectivity index (χ4n) is 1.65. The van der Waals surface area contributed by atoms with Crippen molar-refractivity contribution >= 4 is 22.8 Å². The lowest BCUT2D eigenvalue weighted by Crippen LogP contribution is -2.22. The van der Waals surface area contributed by atoms with E-state index < -0.39 is 17.6 Å². The Morgan fingerprint density at radius 2 is 1.88 bits per heavy atom. The predicted octanol–water partition coefficient (Wildman–Crippen LogP) is 2.64. The maximum atomic E-state index is 5.79. The molecule has 0 radical (unpaired) electrons. The lowest BCUT2D eigenvalue weighted by atomic mass is 10.3. The summed E-state index contributed by atoms with van der Waals surface area (Å²) in [4.78, 5) is 0. The van der Waals surface area contributed by atoms with Gasteiger partial charge in [-0.25, -0.2) is 0 Å². The molecule has 0 aliphatic rings. The minimum atomic E-state index is -0.687. The summed E-state index contributed by atoms with van der Waals surface area (Å²) in [5.74, 6) is 1.06. The van der Waals surface area contributed by atoms with Crippen molar-refractivity contribution in [1.29, 1.82) is 0 Å². The molecule has 3 heteroatoms. The van der Waals surface area contributed by atoms with Gasteiger partial charge in [-0.2, -0.15) is 0 Å². The highest BCUT2D eigenvalue weighted by Gasteiger charge is 2.02. The second kappa shape index (κ2) is 6.91. The van der Waals surface area contributed by atoms with E-state index in [1.54, 1.807) is 0 Å². The predicted molar refractivity (Wildman–Crippen MR) is 78.7 cm³/mol. The number of ether oxygens (including phenoxy) is 1. The standard InChI is InChI=1S/C13H24OSi2/c1-15(2)10-6-9-14-12-7-5-8-13(11-12)16(3)4/h5,7-8,11,15-16H,6,9-10H2,1-4H3. The van der Waals surface area contributed by atoms with Crippen molar-refractivity contribution in [1.82, 2.24) is 0 Å². The maximum absolute atomic E-state index is 5.79. The van der Waals surface area contributed by atoms with Gasteiger partial charge in [-0.1, -0.05) is 49.6 Å². The average Bonchev–Trinajstić information content (AvgIpc) is 2.24. The zero-order chi connectivity index (χ0) is 12.0. The Morgan fingerprint density at radius 1 is 1.12 bits per heavy atom. The monoisotopic (exact) mass is 252 g/mol. The van der Waals surface area contributed by atoms with Gasteiger partial charge in [0.25, 0.3) is 0 Å². The average molecular weight is 253 g/mol. The summed E-state index contributed by atoms with van der Waals surface area (Å²) >= 11 is 0. The van der Waals surface area contributed by atoms with Gasteiger partial charge in [0.15, 0.2) is 0 Å². The fourth-order valence-corrected chi connectivity index (χ4v) is 3.62. The molecule has 1 aromatic carbocycles. The van der Waals surface area contributed by atoms with E-state index in [-0.39, 0.29) is 0 Å². The smallest absolute Gasteiger partial charge is 0.119 e. The van der Waals surface area contributed by atoms with Crippen molar-refractivity contribution in [2.24, 2.45) is 0 Å². The van der Waals surface area contributed by atoms with Gasteiger partial charge in [-0.05, 0) is 18.6 Å². The molecule has 0 bridgehead atoms. The molecule has 0 amide bonds. The summed E-state index contributed by atoms with van der Waals surface area (Å²) in [6.07, 6.45) is 1.22. The number of hydrogen-bond donors (Lipinski definition) is 0. The summed E-state index contributed by atoms with van der Waals surface area (Å²) in [6, 6.07) is 10.0. The van der Waals surface area contributed by atoms with E-state index in [9.17, 15) is 0 Å². The van der Waals surface area contributed by atoms with Gasteiger partial charge in [0.1, 0.15) is 5.75 Å². The zero-order valence-corrected chi connectivity index (χ0v) is 13.3. The zero-order valence-electron chi connectivity index (χ0n) is 11.0. The molecule has 0 saturated heterocycles. The third-order valence-corrected chi connectivity index (χ3v) is 5.97. The molecule has 0 heterocycles. The molecule has 0 fully saturated rings. The van der Waals surface area contributed by atoms with Crippen molar-refractivity contribution in [3.8, 4) is 5.75 Å². The van der Waals surface area contributed by atoms with Crippen LogP contribution in [0.25, 0.3) is 0 Å². The van der Waals surface area contributed by atoms with Crippen LogP contribution in [0.3, 0.4) is 0 Å². The van der Waals surface area contributed by atoms with Gasteiger partial charge in [0, 0.05) is 8.80 Å². The molecular formula is C13H24OSi2. The number of hydrogen-bond acceptors (Lipinski definition) is 1. The third kappa shape index (κ3) is 4.99. The fraction of sp³-hybridized carbons (Fsp3) is 0.538. The highest BCUT2D eigenvalue weighted by Crippen LogP contribution is 2.09. The van der Waals surface area contributed by atoms with Crippen molar-refractivity contribution in [2.45, 2.75) is 38.7 Å². The van der Waals surface area contributed by atoms with Gasteiger partial charge < -0.3 is 4.74 Å². The van der Waals surface area contributed by atoms with Crippen LogP contribution in [-0.4, -0.2) is 24.2 Å². The van der Waals surface area contributed by atoms with E-state index in [1.165, 1.54) is 17.7 Å². The second-order valence-electron chi connectivity index (χ2n) is 5.11. The largest absolute Gasteiger partial charge is 0.494 e. The Morgan fingerprint density at radius 3 is 2.50 bits per heavy atom. The van der Waals surface area contributed by atoms with E-state index in [0.29, 0.717) is 0 Å². The minimum absolute atomic E-state index is 0.395. The van der Waals surface area contributed by atoms with Crippen LogP contribution >= 0.6 is 0 Å². The number of rotatable bonds is 6. The summed E-state index contributed by atoms with van der Waals surface area (Å²) < 4.78 is 5.79. The van der Waals surface area contributed by atoms with Gasteiger partial charge in [0.05, 0.1) is 15.4 Å². The van der Waals surface area contributed by atoms with Gasteiger partial charge in [0.2, 0.25) is 0 Å². The van der Waals surface area contributed by atoms with Gasteiger partial charge >= 0.3 is 0 Å². The minimum Gasteiger partial charge on any atom is -0.494 e. The molecule has 0 aromatic heterocycles. The van der Waals surface area contributed by atoms with Crippen LogP contribution in [0.1, 0.15) is 6.42 Å². The van der Waals surface area contributed by atoms with E-state index >= 15 is 0 Å². The molecule has 1 nitrogen and oxygen atoms in total. The lowest BCUT2D eigenvalue weighted by molar-refractivity contribution is 0.317.